The fraction of sp³-hybridized carbons (Fsp3) is 0.429. The maximum Gasteiger partial charge on any atom is 0.273 e. The fourth-order valence-electron chi connectivity index (χ4n) is 3.26. The summed E-state index contributed by atoms with van der Waals surface area (Å²) in [5, 5.41) is 0. The van der Waals surface area contributed by atoms with Gasteiger partial charge in [-0.15, -0.1) is 0 Å². The van der Waals surface area contributed by atoms with E-state index in [4.69, 9.17) is 0 Å². The number of amides is 2. The highest BCUT2D eigenvalue weighted by molar-refractivity contribution is 5.92. The van der Waals surface area contributed by atoms with Crippen molar-refractivity contribution in [2.45, 2.75) is 33.4 Å². The van der Waals surface area contributed by atoms with Crippen LogP contribution in [0.25, 0.3) is 0 Å². The van der Waals surface area contributed by atoms with Crippen LogP contribution in [0, 0.1) is 0 Å². The van der Waals surface area contributed by atoms with E-state index >= 15 is 0 Å². The Bertz CT molecular complexity index is 817. The highest BCUT2D eigenvalue weighted by Gasteiger charge is 2.24. The van der Waals surface area contributed by atoms with E-state index in [2.05, 4.69) is 9.97 Å². The molecule has 0 unspecified atom stereocenters. The number of nitrogens with zero attached hydrogens (tertiary/aromatic N) is 5. The van der Waals surface area contributed by atoms with Crippen molar-refractivity contribution in [3.8, 4) is 0 Å². The molecule has 0 spiro atoms. The van der Waals surface area contributed by atoms with Gasteiger partial charge in [0.2, 0.25) is 11.9 Å². The highest BCUT2D eigenvalue weighted by atomic mass is 16.2. The number of aromatic nitrogens is 2. The number of benzene rings is 1. The standard InChI is InChI=1S/C21H27N5O2/c1-16(2)26(15-18-7-5-4-6-8-18)20(28)19-9-10-22-21(23-19)25-13-11-24(12-14-25)17(3)27/h4-10,16H,11-15H2,1-3H3. The molecule has 28 heavy (non-hydrogen) atoms. The van der Waals surface area contributed by atoms with Crippen molar-refractivity contribution in [1.29, 1.82) is 0 Å². The van der Waals surface area contributed by atoms with Gasteiger partial charge in [0.1, 0.15) is 5.69 Å². The smallest absolute Gasteiger partial charge is 0.273 e. The van der Waals surface area contributed by atoms with Gasteiger partial charge in [0.25, 0.3) is 5.91 Å². The number of carbonyl (C=O) groups is 2. The lowest BCUT2D eigenvalue weighted by Crippen LogP contribution is -2.48. The third-order valence-corrected chi connectivity index (χ3v) is 4.95. The quantitative estimate of drug-likeness (QED) is 0.794. The molecular weight excluding hydrogens is 354 g/mol. The van der Waals surface area contributed by atoms with Gasteiger partial charge in [-0.05, 0) is 25.5 Å². The SMILES string of the molecule is CC(=O)N1CCN(c2nccc(C(=O)N(Cc3ccccc3)C(C)C)n2)CC1. The van der Waals surface area contributed by atoms with E-state index in [1.165, 1.54) is 0 Å². The van der Waals surface area contributed by atoms with Crippen LogP contribution in [-0.2, 0) is 11.3 Å². The lowest BCUT2D eigenvalue weighted by molar-refractivity contribution is -0.129. The van der Waals surface area contributed by atoms with Crippen molar-refractivity contribution in [3.05, 3.63) is 53.9 Å². The van der Waals surface area contributed by atoms with Crippen molar-refractivity contribution < 1.29 is 9.59 Å². The first-order valence-corrected chi connectivity index (χ1v) is 9.64. The molecule has 0 saturated carbocycles. The third-order valence-electron chi connectivity index (χ3n) is 4.95. The lowest BCUT2D eigenvalue weighted by Gasteiger charge is -2.34. The zero-order valence-corrected chi connectivity index (χ0v) is 16.7. The molecule has 0 bridgehead atoms. The van der Waals surface area contributed by atoms with Gasteiger partial charge in [0.05, 0.1) is 0 Å². The number of hydrogen-bond donors (Lipinski definition) is 0. The summed E-state index contributed by atoms with van der Waals surface area (Å²) in [6.07, 6.45) is 1.63. The summed E-state index contributed by atoms with van der Waals surface area (Å²) in [4.78, 5) is 39.2. The van der Waals surface area contributed by atoms with Crippen LogP contribution in [0.3, 0.4) is 0 Å². The summed E-state index contributed by atoms with van der Waals surface area (Å²) >= 11 is 0. The first kappa shape index (κ1) is 19.8. The summed E-state index contributed by atoms with van der Waals surface area (Å²) in [7, 11) is 0. The van der Waals surface area contributed by atoms with E-state index in [1.807, 2.05) is 58.9 Å². The monoisotopic (exact) mass is 381 g/mol. The Morgan fingerprint density at radius 2 is 1.75 bits per heavy atom. The summed E-state index contributed by atoms with van der Waals surface area (Å²) in [5.74, 6) is 0.514. The normalized spacial score (nSPS) is 14.3. The molecule has 1 aromatic heterocycles. The minimum absolute atomic E-state index is 0.0465. The molecule has 0 N–H and O–H groups in total. The average Bonchev–Trinajstić information content (AvgIpc) is 2.72. The topological polar surface area (TPSA) is 69.6 Å². The van der Waals surface area contributed by atoms with Gasteiger partial charge in [-0.3, -0.25) is 9.59 Å². The molecule has 7 nitrogen and oxygen atoms in total. The Labute approximate surface area is 166 Å². The first-order chi connectivity index (χ1) is 13.5. The fourth-order valence-corrected chi connectivity index (χ4v) is 3.26. The molecule has 0 aliphatic carbocycles. The molecule has 1 fully saturated rings. The molecule has 1 aliphatic heterocycles. The Hall–Kier alpha value is -2.96. The van der Waals surface area contributed by atoms with Gasteiger partial charge in [-0.2, -0.15) is 0 Å². The Morgan fingerprint density at radius 3 is 2.36 bits per heavy atom. The van der Waals surface area contributed by atoms with E-state index in [-0.39, 0.29) is 17.9 Å². The Morgan fingerprint density at radius 1 is 1.07 bits per heavy atom. The maximum atomic E-state index is 13.1. The molecule has 1 aliphatic rings. The molecule has 148 valence electrons. The second-order valence-electron chi connectivity index (χ2n) is 7.25. The zero-order valence-electron chi connectivity index (χ0n) is 16.7. The van der Waals surface area contributed by atoms with Crippen LogP contribution in [0.2, 0.25) is 0 Å². The Kier molecular flexibility index (Phi) is 6.23. The van der Waals surface area contributed by atoms with Gasteiger partial charge in [-0.1, -0.05) is 30.3 Å². The second kappa shape index (κ2) is 8.82. The lowest BCUT2D eigenvalue weighted by atomic mass is 10.1. The van der Waals surface area contributed by atoms with Gasteiger partial charge >= 0.3 is 0 Å². The third kappa shape index (κ3) is 4.65. The molecule has 3 rings (SSSR count). The number of piperazine rings is 1. The van der Waals surface area contributed by atoms with Crippen LogP contribution < -0.4 is 4.90 Å². The van der Waals surface area contributed by atoms with Gasteiger partial charge in [0.15, 0.2) is 0 Å². The van der Waals surface area contributed by atoms with E-state index in [0.29, 0.717) is 44.4 Å². The van der Waals surface area contributed by atoms with E-state index in [9.17, 15) is 9.59 Å². The van der Waals surface area contributed by atoms with Gasteiger partial charge < -0.3 is 14.7 Å². The van der Waals surface area contributed by atoms with E-state index < -0.39 is 0 Å². The van der Waals surface area contributed by atoms with Crippen LogP contribution >= 0.6 is 0 Å². The first-order valence-electron chi connectivity index (χ1n) is 9.64. The molecule has 7 heteroatoms. The van der Waals surface area contributed by atoms with Crippen LogP contribution in [0.5, 0.6) is 0 Å². The Balaban J connectivity index is 1.74. The summed E-state index contributed by atoms with van der Waals surface area (Å²) in [6.45, 7) is 8.73. The van der Waals surface area contributed by atoms with E-state index in [1.54, 1.807) is 19.2 Å². The molecule has 2 amide bonds. The van der Waals surface area contributed by atoms with Crippen molar-refractivity contribution in [2.24, 2.45) is 0 Å². The van der Waals surface area contributed by atoms with E-state index in [0.717, 1.165) is 5.56 Å². The molecule has 1 aromatic carbocycles. The molecular formula is C21H27N5O2. The van der Waals surface area contributed by atoms with Crippen molar-refractivity contribution >= 4 is 17.8 Å². The minimum atomic E-state index is -0.107. The number of rotatable bonds is 5. The molecule has 2 aromatic rings. The highest BCUT2D eigenvalue weighted by Crippen LogP contribution is 2.15. The minimum Gasteiger partial charge on any atom is -0.339 e. The average molecular weight is 381 g/mol. The molecule has 1 saturated heterocycles. The van der Waals surface area contributed by atoms with Crippen LogP contribution in [-0.4, -0.2) is 63.8 Å². The van der Waals surface area contributed by atoms with Gasteiger partial charge in [0, 0.05) is 51.9 Å². The molecule has 0 radical (unpaired) electrons. The number of hydrogen-bond acceptors (Lipinski definition) is 5. The summed E-state index contributed by atoms with van der Waals surface area (Å²) < 4.78 is 0. The zero-order chi connectivity index (χ0) is 20.1. The van der Waals surface area contributed by atoms with Crippen molar-refractivity contribution in [2.75, 3.05) is 31.1 Å². The van der Waals surface area contributed by atoms with Gasteiger partial charge in [-0.25, -0.2) is 9.97 Å². The number of anilines is 1. The van der Waals surface area contributed by atoms with Crippen molar-refractivity contribution in [3.63, 3.8) is 0 Å². The van der Waals surface area contributed by atoms with Crippen LogP contribution in [0.15, 0.2) is 42.6 Å². The second-order valence-corrected chi connectivity index (χ2v) is 7.25. The summed E-state index contributed by atoms with van der Waals surface area (Å²) in [6, 6.07) is 11.7. The molecule has 2 heterocycles. The van der Waals surface area contributed by atoms with Crippen molar-refractivity contribution in [1.82, 2.24) is 19.8 Å². The predicted molar refractivity (Wildman–Crippen MR) is 108 cm³/mol. The van der Waals surface area contributed by atoms with Crippen LogP contribution in [0.4, 0.5) is 5.95 Å². The van der Waals surface area contributed by atoms with Crippen LogP contribution in [0.1, 0.15) is 36.8 Å². The summed E-state index contributed by atoms with van der Waals surface area (Å²) in [5.41, 5.74) is 1.47. The largest absolute Gasteiger partial charge is 0.339 e. The predicted octanol–water partition coefficient (Wildman–Crippen LogP) is 2.20. The molecule has 0 atom stereocenters. The maximum absolute atomic E-state index is 13.1. The number of carbonyl (C=O) groups excluding carboxylic acids is 2.